The summed E-state index contributed by atoms with van der Waals surface area (Å²) in [6, 6.07) is 0.933. The van der Waals surface area contributed by atoms with Gasteiger partial charge in [-0.1, -0.05) is 0 Å². The first kappa shape index (κ1) is 18.4. The van der Waals surface area contributed by atoms with Gasteiger partial charge in [0.15, 0.2) is 0 Å². The SMILES string of the molecule is NC(=O)C1(N2CC(O)C2)CN(C(=O)Nc2cc(F)cc(C(F)(F)F)c2)C1. The molecule has 0 saturated carbocycles. The van der Waals surface area contributed by atoms with E-state index >= 15 is 0 Å². The zero-order valence-electron chi connectivity index (χ0n) is 13.4. The lowest BCUT2D eigenvalue weighted by Crippen LogP contribution is -2.80. The van der Waals surface area contributed by atoms with Crippen LogP contribution in [0, 0.1) is 5.82 Å². The third-order valence-corrected chi connectivity index (χ3v) is 4.59. The molecule has 1 aromatic carbocycles. The van der Waals surface area contributed by atoms with Crippen LogP contribution in [0.5, 0.6) is 0 Å². The Kier molecular flexibility index (Phi) is 4.31. The van der Waals surface area contributed by atoms with Crippen molar-refractivity contribution in [2.24, 2.45) is 5.73 Å². The van der Waals surface area contributed by atoms with Crippen molar-refractivity contribution in [1.29, 1.82) is 0 Å². The van der Waals surface area contributed by atoms with Crippen LogP contribution in [0.2, 0.25) is 0 Å². The second-order valence-corrected chi connectivity index (χ2v) is 6.47. The summed E-state index contributed by atoms with van der Waals surface area (Å²) in [4.78, 5) is 26.7. The number of carbonyl (C=O) groups is 2. The van der Waals surface area contributed by atoms with Crippen LogP contribution in [0.15, 0.2) is 18.2 Å². The van der Waals surface area contributed by atoms with E-state index in [1.165, 1.54) is 4.90 Å². The number of likely N-dealkylation sites (tertiary alicyclic amines) is 2. The molecule has 0 radical (unpaired) electrons. The zero-order valence-corrected chi connectivity index (χ0v) is 13.4. The van der Waals surface area contributed by atoms with Crippen molar-refractivity contribution >= 4 is 17.6 Å². The van der Waals surface area contributed by atoms with Gasteiger partial charge >= 0.3 is 12.2 Å². The maximum absolute atomic E-state index is 13.4. The van der Waals surface area contributed by atoms with Gasteiger partial charge in [0.1, 0.15) is 11.4 Å². The molecular weight excluding hydrogens is 360 g/mol. The van der Waals surface area contributed by atoms with Crippen LogP contribution in [0.4, 0.5) is 28.0 Å². The van der Waals surface area contributed by atoms with Crippen molar-refractivity contribution < 1.29 is 32.3 Å². The zero-order chi connectivity index (χ0) is 19.3. The minimum Gasteiger partial charge on any atom is -0.390 e. The molecule has 2 saturated heterocycles. The molecule has 7 nitrogen and oxygen atoms in total. The Labute approximate surface area is 145 Å². The summed E-state index contributed by atoms with van der Waals surface area (Å²) in [5.41, 5.74) is 2.72. The Hall–Kier alpha value is -2.40. The van der Waals surface area contributed by atoms with Gasteiger partial charge < -0.3 is 21.1 Å². The number of amides is 3. The standard InChI is InChI=1S/C15H16F4N4O3/c16-9-1-8(15(17,18)19)2-10(3-9)21-13(26)22-6-14(7-22,12(20)25)23-4-11(24)5-23/h1-3,11,24H,4-7H2,(H2,20,25)(H,21,26). The van der Waals surface area contributed by atoms with E-state index in [1.807, 2.05) is 0 Å². The number of nitrogens with zero attached hydrogens (tertiary/aromatic N) is 2. The number of hydrogen-bond acceptors (Lipinski definition) is 4. The summed E-state index contributed by atoms with van der Waals surface area (Å²) < 4.78 is 51.5. The van der Waals surface area contributed by atoms with Crippen LogP contribution in [0.1, 0.15) is 5.56 Å². The van der Waals surface area contributed by atoms with E-state index in [4.69, 9.17) is 5.73 Å². The first-order valence-electron chi connectivity index (χ1n) is 7.68. The van der Waals surface area contributed by atoms with Crippen LogP contribution in [-0.4, -0.2) is 64.7 Å². The highest BCUT2D eigenvalue weighted by atomic mass is 19.4. The second-order valence-electron chi connectivity index (χ2n) is 6.47. The molecule has 142 valence electrons. The van der Waals surface area contributed by atoms with Crippen molar-refractivity contribution in [2.75, 3.05) is 31.5 Å². The number of benzene rings is 1. The third-order valence-electron chi connectivity index (χ3n) is 4.59. The number of anilines is 1. The van der Waals surface area contributed by atoms with Gasteiger partial charge in [-0.3, -0.25) is 9.69 Å². The van der Waals surface area contributed by atoms with E-state index in [2.05, 4.69) is 5.32 Å². The number of alkyl halides is 3. The predicted octanol–water partition coefficient (Wildman–Crippen LogP) is 0.593. The number of aliphatic hydroxyl groups excluding tert-OH is 1. The molecule has 11 heteroatoms. The van der Waals surface area contributed by atoms with Crippen LogP contribution < -0.4 is 11.1 Å². The van der Waals surface area contributed by atoms with Gasteiger partial charge in [-0.2, -0.15) is 13.2 Å². The van der Waals surface area contributed by atoms with Crippen molar-refractivity contribution in [3.63, 3.8) is 0 Å². The molecular formula is C15H16F4N4O3. The molecule has 2 heterocycles. The van der Waals surface area contributed by atoms with Crippen molar-refractivity contribution in [2.45, 2.75) is 17.8 Å². The van der Waals surface area contributed by atoms with Crippen molar-refractivity contribution in [3.05, 3.63) is 29.6 Å². The normalized spacial score (nSPS) is 20.3. The molecule has 3 rings (SSSR count). The van der Waals surface area contributed by atoms with E-state index < -0.39 is 41.1 Å². The van der Waals surface area contributed by atoms with Crippen LogP contribution in [0.25, 0.3) is 0 Å². The molecule has 26 heavy (non-hydrogen) atoms. The highest BCUT2D eigenvalue weighted by Crippen LogP contribution is 2.34. The van der Waals surface area contributed by atoms with Gasteiger partial charge in [-0.05, 0) is 18.2 Å². The molecule has 0 spiro atoms. The summed E-state index contributed by atoms with van der Waals surface area (Å²) in [6.45, 7) is 0.360. The second kappa shape index (κ2) is 6.09. The number of rotatable bonds is 3. The summed E-state index contributed by atoms with van der Waals surface area (Å²) in [5, 5.41) is 11.5. The first-order valence-corrected chi connectivity index (χ1v) is 7.68. The number of β-amino-alcohol motifs (C(OH)–C–C–N with tert-alkyl or cyclic N) is 1. The maximum atomic E-state index is 13.4. The third kappa shape index (κ3) is 3.19. The van der Waals surface area contributed by atoms with Gasteiger partial charge in [0, 0.05) is 18.8 Å². The number of nitrogens with one attached hydrogen (secondary N) is 1. The number of halogens is 4. The molecule has 2 aliphatic heterocycles. The fourth-order valence-electron chi connectivity index (χ4n) is 3.07. The van der Waals surface area contributed by atoms with E-state index in [0.717, 1.165) is 6.07 Å². The van der Waals surface area contributed by atoms with Crippen LogP contribution in [-0.2, 0) is 11.0 Å². The fraction of sp³-hybridized carbons (Fsp3) is 0.467. The molecule has 3 amide bonds. The summed E-state index contributed by atoms with van der Waals surface area (Å²) in [7, 11) is 0. The van der Waals surface area contributed by atoms with Gasteiger partial charge in [0.25, 0.3) is 0 Å². The lowest BCUT2D eigenvalue weighted by atomic mass is 9.84. The molecule has 0 aliphatic carbocycles. The summed E-state index contributed by atoms with van der Waals surface area (Å²) >= 11 is 0. The summed E-state index contributed by atoms with van der Waals surface area (Å²) in [5.74, 6) is -1.79. The Morgan fingerprint density at radius 3 is 2.35 bits per heavy atom. The number of urea groups is 1. The van der Waals surface area contributed by atoms with E-state index in [-0.39, 0.29) is 31.9 Å². The lowest BCUT2D eigenvalue weighted by molar-refractivity contribution is -0.155. The Morgan fingerprint density at radius 2 is 1.85 bits per heavy atom. The molecule has 0 atom stereocenters. The molecule has 0 aromatic heterocycles. The fourth-order valence-corrected chi connectivity index (χ4v) is 3.07. The lowest BCUT2D eigenvalue weighted by Gasteiger charge is -2.57. The minimum atomic E-state index is -4.75. The van der Waals surface area contributed by atoms with Gasteiger partial charge in [-0.15, -0.1) is 0 Å². The van der Waals surface area contributed by atoms with E-state index in [0.29, 0.717) is 12.1 Å². The molecule has 4 N–H and O–H groups in total. The highest BCUT2D eigenvalue weighted by Gasteiger charge is 2.57. The van der Waals surface area contributed by atoms with Gasteiger partial charge in [-0.25, -0.2) is 9.18 Å². The molecule has 0 unspecified atom stereocenters. The average molecular weight is 376 g/mol. The Balaban J connectivity index is 1.67. The predicted molar refractivity (Wildman–Crippen MR) is 81.5 cm³/mol. The number of carbonyl (C=O) groups excluding carboxylic acids is 2. The topological polar surface area (TPSA) is 98.9 Å². The quantitative estimate of drug-likeness (QED) is 0.673. The van der Waals surface area contributed by atoms with Crippen LogP contribution >= 0.6 is 0 Å². The number of hydrogen-bond donors (Lipinski definition) is 3. The number of primary amides is 1. The summed E-state index contributed by atoms with van der Waals surface area (Å²) in [6.07, 6.45) is -5.32. The van der Waals surface area contributed by atoms with Gasteiger partial charge in [0.05, 0.1) is 24.8 Å². The number of nitrogens with two attached hydrogens (primary N) is 1. The smallest absolute Gasteiger partial charge is 0.390 e. The van der Waals surface area contributed by atoms with E-state index in [9.17, 15) is 32.3 Å². The minimum absolute atomic E-state index is 0.0671. The highest BCUT2D eigenvalue weighted by molar-refractivity contribution is 5.94. The Bertz CT molecular complexity index is 743. The van der Waals surface area contributed by atoms with Crippen LogP contribution in [0.3, 0.4) is 0 Å². The monoisotopic (exact) mass is 376 g/mol. The van der Waals surface area contributed by atoms with Crippen molar-refractivity contribution in [3.8, 4) is 0 Å². The molecule has 0 bridgehead atoms. The maximum Gasteiger partial charge on any atom is 0.416 e. The average Bonchev–Trinajstić information content (AvgIpc) is 2.42. The van der Waals surface area contributed by atoms with E-state index in [1.54, 1.807) is 4.90 Å². The van der Waals surface area contributed by atoms with Crippen molar-refractivity contribution in [1.82, 2.24) is 9.80 Å². The molecule has 1 aromatic rings. The molecule has 2 aliphatic rings. The molecule has 2 fully saturated rings. The first-order chi connectivity index (χ1) is 12.0. The largest absolute Gasteiger partial charge is 0.416 e. The number of aliphatic hydroxyl groups is 1. The Morgan fingerprint density at radius 1 is 1.23 bits per heavy atom. The van der Waals surface area contributed by atoms with Gasteiger partial charge in [0.2, 0.25) is 5.91 Å².